The van der Waals surface area contributed by atoms with E-state index in [9.17, 15) is 5.11 Å². The number of aromatic nitrogens is 4. The molecule has 8 heteroatoms. The molecular formula is C31H38N6O2. The topological polar surface area (TPSA) is 79.5 Å². The van der Waals surface area contributed by atoms with Crippen molar-refractivity contribution < 1.29 is 9.84 Å². The molecule has 1 N–H and O–H groups in total. The van der Waals surface area contributed by atoms with Gasteiger partial charge in [0.1, 0.15) is 12.4 Å². The van der Waals surface area contributed by atoms with Crippen LogP contribution in [-0.4, -0.2) is 81.1 Å². The van der Waals surface area contributed by atoms with Gasteiger partial charge in [-0.15, -0.1) is 5.10 Å². The molecule has 3 aromatic rings. The summed E-state index contributed by atoms with van der Waals surface area (Å²) in [6.45, 7) is 9.20. The molecule has 2 heterocycles. The molecule has 1 aliphatic carbocycles. The summed E-state index contributed by atoms with van der Waals surface area (Å²) in [4.78, 5) is 5.02. The number of hydrogen-bond donors (Lipinski definition) is 1. The fraction of sp³-hybridized carbons (Fsp3) is 0.387. The highest BCUT2D eigenvalue weighted by Crippen LogP contribution is 2.36. The standard InChI is InChI=1S/C31H38N6O2/c1-24-9-6-10-25(2)29(24)37-31(32-33-34-37)30(27-14-7-15-28(23-27)39-22-21-38)36-19-17-35(18-20-36)16-8-13-26-11-4-3-5-12-26/h3-13,15,23,27,30,38H,14,16-22H2,1-2H3/b13-8+/t27?,30-/m0/s1. The molecule has 2 aliphatic rings. The fourth-order valence-corrected chi connectivity index (χ4v) is 5.58. The van der Waals surface area contributed by atoms with Gasteiger partial charge in [-0.3, -0.25) is 9.80 Å². The third-order valence-electron chi connectivity index (χ3n) is 7.52. The Labute approximate surface area is 230 Å². The second-order valence-electron chi connectivity index (χ2n) is 10.2. The van der Waals surface area contributed by atoms with Crippen LogP contribution in [0.15, 0.2) is 78.6 Å². The molecule has 2 atom stereocenters. The van der Waals surface area contributed by atoms with Gasteiger partial charge >= 0.3 is 0 Å². The summed E-state index contributed by atoms with van der Waals surface area (Å²) in [5, 5.41) is 22.5. The van der Waals surface area contributed by atoms with Crippen molar-refractivity contribution in [1.82, 2.24) is 30.0 Å². The number of tetrazole rings is 1. The molecule has 204 valence electrons. The second kappa shape index (κ2) is 13.0. The first-order valence-corrected chi connectivity index (χ1v) is 13.8. The fourth-order valence-electron chi connectivity index (χ4n) is 5.58. The molecule has 39 heavy (non-hydrogen) atoms. The maximum absolute atomic E-state index is 9.27. The van der Waals surface area contributed by atoms with Gasteiger partial charge in [-0.1, -0.05) is 66.8 Å². The van der Waals surface area contributed by atoms with Crippen LogP contribution >= 0.6 is 0 Å². The molecule has 1 aromatic heterocycles. The zero-order valence-electron chi connectivity index (χ0n) is 22.9. The van der Waals surface area contributed by atoms with Crippen molar-refractivity contribution in [2.24, 2.45) is 5.92 Å². The predicted molar refractivity (Wildman–Crippen MR) is 153 cm³/mol. The quantitative estimate of drug-likeness (QED) is 0.426. The summed E-state index contributed by atoms with van der Waals surface area (Å²) >= 11 is 0. The number of aliphatic hydroxyl groups excluding tert-OH is 1. The Balaban J connectivity index is 1.38. The van der Waals surface area contributed by atoms with Crippen molar-refractivity contribution in [1.29, 1.82) is 0 Å². The second-order valence-corrected chi connectivity index (χ2v) is 10.2. The SMILES string of the molecule is Cc1cccc(C)c1-n1nnnc1[C@H](C1C=C(OCCO)C=CC1)N1CCN(C/C=C/c2ccccc2)CC1. The maximum atomic E-state index is 9.27. The van der Waals surface area contributed by atoms with Crippen molar-refractivity contribution in [3.05, 3.63) is 101 Å². The van der Waals surface area contributed by atoms with Crippen LogP contribution in [0.1, 0.15) is 35.0 Å². The number of aliphatic hydroxyl groups is 1. The minimum Gasteiger partial charge on any atom is -0.492 e. The molecule has 2 aromatic carbocycles. The Morgan fingerprint density at radius 2 is 1.79 bits per heavy atom. The van der Waals surface area contributed by atoms with E-state index in [0.29, 0.717) is 0 Å². The van der Waals surface area contributed by atoms with E-state index in [1.54, 1.807) is 0 Å². The summed E-state index contributed by atoms with van der Waals surface area (Å²) in [5.41, 5.74) is 4.55. The third-order valence-corrected chi connectivity index (χ3v) is 7.52. The normalized spacial score (nSPS) is 19.4. The van der Waals surface area contributed by atoms with Gasteiger partial charge in [-0.25, -0.2) is 0 Å². The number of hydrogen-bond acceptors (Lipinski definition) is 7. The van der Waals surface area contributed by atoms with Crippen molar-refractivity contribution >= 4 is 6.08 Å². The van der Waals surface area contributed by atoms with Crippen LogP contribution in [0.4, 0.5) is 0 Å². The van der Waals surface area contributed by atoms with Crippen LogP contribution in [0.5, 0.6) is 0 Å². The lowest BCUT2D eigenvalue weighted by Crippen LogP contribution is -2.49. The van der Waals surface area contributed by atoms with Gasteiger partial charge in [0.25, 0.3) is 0 Å². The first-order valence-electron chi connectivity index (χ1n) is 13.8. The van der Waals surface area contributed by atoms with Crippen molar-refractivity contribution in [3.8, 4) is 5.69 Å². The molecule has 1 fully saturated rings. The van der Waals surface area contributed by atoms with Gasteiger partial charge < -0.3 is 9.84 Å². The maximum Gasteiger partial charge on any atom is 0.174 e. The van der Waals surface area contributed by atoms with E-state index < -0.39 is 0 Å². The lowest BCUT2D eigenvalue weighted by molar-refractivity contribution is 0.0764. The van der Waals surface area contributed by atoms with Gasteiger partial charge in [-0.05, 0) is 59.5 Å². The Hall–Kier alpha value is -3.59. The predicted octanol–water partition coefficient (Wildman–Crippen LogP) is 4.12. The van der Waals surface area contributed by atoms with E-state index in [2.05, 4.69) is 106 Å². The zero-order chi connectivity index (χ0) is 27.0. The van der Waals surface area contributed by atoms with Crippen LogP contribution in [0.25, 0.3) is 11.8 Å². The molecule has 1 saturated heterocycles. The highest BCUT2D eigenvalue weighted by molar-refractivity contribution is 5.49. The summed E-state index contributed by atoms with van der Waals surface area (Å²) in [5.74, 6) is 1.78. The van der Waals surface area contributed by atoms with E-state index in [4.69, 9.17) is 4.74 Å². The van der Waals surface area contributed by atoms with Gasteiger partial charge in [0.15, 0.2) is 5.82 Å². The van der Waals surface area contributed by atoms with Crippen LogP contribution in [0, 0.1) is 19.8 Å². The molecule has 0 amide bonds. The van der Waals surface area contributed by atoms with Gasteiger partial charge in [0.05, 0.1) is 18.3 Å². The van der Waals surface area contributed by atoms with E-state index >= 15 is 0 Å². The van der Waals surface area contributed by atoms with E-state index in [1.807, 2.05) is 16.8 Å². The molecule has 0 spiro atoms. The number of aryl methyl sites for hydroxylation is 2. The molecule has 0 bridgehead atoms. The molecule has 0 saturated carbocycles. The molecule has 1 unspecified atom stereocenters. The molecule has 8 nitrogen and oxygen atoms in total. The Kier molecular flexibility index (Phi) is 8.98. The molecule has 0 radical (unpaired) electrons. The van der Waals surface area contributed by atoms with Crippen LogP contribution < -0.4 is 0 Å². The number of allylic oxidation sites excluding steroid dienone is 2. The molecule has 5 rings (SSSR count). The smallest absolute Gasteiger partial charge is 0.174 e. The van der Waals surface area contributed by atoms with Crippen LogP contribution in [-0.2, 0) is 4.74 Å². The summed E-state index contributed by atoms with van der Waals surface area (Å²) < 4.78 is 7.73. The van der Waals surface area contributed by atoms with Crippen molar-refractivity contribution in [3.63, 3.8) is 0 Å². The number of piperazine rings is 1. The minimum atomic E-state index is -0.0151. The first-order chi connectivity index (χ1) is 19.1. The number of rotatable bonds is 10. The third kappa shape index (κ3) is 6.53. The van der Waals surface area contributed by atoms with E-state index in [-0.39, 0.29) is 25.2 Å². The highest BCUT2D eigenvalue weighted by Gasteiger charge is 2.35. The zero-order valence-corrected chi connectivity index (χ0v) is 22.9. The number of nitrogens with zero attached hydrogens (tertiary/aromatic N) is 6. The minimum absolute atomic E-state index is 0.00917. The van der Waals surface area contributed by atoms with E-state index in [1.165, 1.54) is 5.56 Å². The van der Waals surface area contributed by atoms with Crippen LogP contribution in [0.3, 0.4) is 0 Å². The van der Waals surface area contributed by atoms with Gasteiger partial charge in [0.2, 0.25) is 0 Å². The van der Waals surface area contributed by atoms with Crippen molar-refractivity contribution in [2.75, 3.05) is 45.9 Å². The summed E-state index contributed by atoms with van der Waals surface area (Å²) in [7, 11) is 0. The average Bonchev–Trinajstić information content (AvgIpc) is 3.42. The first kappa shape index (κ1) is 27.0. The Bertz CT molecular complexity index is 1290. The molecular weight excluding hydrogens is 488 g/mol. The van der Waals surface area contributed by atoms with Crippen LogP contribution in [0.2, 0.25) is 0 Å². The van der Waals surface area contributed by atoms with Crippen molar-refractivity contribution in [2.45, 2.75) is 26.3 Å². The Morgan fingerprint density at radius 1 is 1.03 bits per heavy atom. The largest absolute Gasteiger partial charge is 0.492 e. The number of benzene rings is 2. The van der Waals surface area contributed by atoms with Gasteiger partial charge in [0, 0.05) is 38.6 Å². The number of para-hydroxylation sites is 1. The van der Waals surface area contributed by atoms with E-state index in [0.717, 1.165) is 67.5 Å². The molecule has 1 aliphatic heterocycles. The lowest BCUT2D eigenvalue weighted by Gasteiger charge is -2.41. The Morgan fingerprint density at radius 3 is 2.54 bits per heavy atom. The monoisotopic (exact) mass is 526 g/mol. The summed E-state index contributed by atoms with van der Waals surface area (Å²) in [6, 6.07) is 16.7. The lowest BCUT2D eigenvalue weighted by atomic mass is 9.89. The average molecular weight is 527 g/mol. The van der Waals surface area contributed by atoms with Gasteiger partial charge in [-0.2, -0.15) is 4.68 Å². The highest BCUT2D eigenvalue weighted by atomic mass is 16.5. The summed E-state index contributed by atoms with van der Waals surface area (Å²) in [6.07, 6.45) is 11.6. The number of ether oxygens (including phenoxy) is 1.